The average molecular weight is 355 g/mol. The second kappa shape index (κ2) is 11.4. The van der Waals surface area contributed by atoms with E-state index in [1.165, 1.54) is 57.8 Å². The summed E-state index contributed by atoms with van der Waals surface area (Å²) in [6.45, 7) is 7.13. The monoisotopic (exact) mass is 354 g/mol. The summed E-state index contributed by atoms with van der Waals surface area (Å²) in [6.07, 6.45) is 13.0. The predicted molar refractivity (Wildman–Crippen MR) is 102 cm³/mol. The van der Waals surface area contributed by atoms with E-state index in [0.717, 1.165) is 12.8 Å². The molecule has 0 spiro atoms. The molecule has 1 rings (SSSR count). The van der Waals surface area contributed by atoms with Crippen molar-refractivity contribution in [1.82, 2.24) is 10.6 Å². The fourth-order valence-corrected chi connectivity index (χ4v) is 3.18. The van der Waals surface area contributed by atoms with Crippen molar-refractivity contribution in [2.24, 2.45) is 0 Å². The molecule has 1 unspecified atom stereocenters. The van der Waals surface area contributed by atoms with Gasteiger partial charge in [0.1, 0.15) is 11.6 Å². The fraction of sp³-hybridized carbons (Fsp3) is 0.900. The Morgan fingerprint density at radius 3 is 1.76 bits per heavy atom. The third-order valence-corrected chi connectivity index (χ3v) is 4.58. The molecule has 1 atom stereocenters. The molecule has 0 bridgehead atoms. The van der Waals surface area contributed by atoms with Crippen LogP contribution in [0.3, 0.4) is 0 Å². The first-order chi connectivity index (χ1) is 11.8. The van der Waals surface area contributed by atoms with Crippen LogP contribution in [0.4, 0.5) is 4.79 Å². The van der Waals surface area contributed by atoms with Gasteiger partial charge in [-0.3, -0.25) is 4.79 Å². The third-order valence-electron chi connectivity index (χ3n) is 4.58. The summed E-state index contributed by atoms with van der Waals surface area (Å²) in [5.41, 5.74) is -0.562. The van der Waals surface area contributed by atoms with Crippen LogP contribution >= 0.6 is 0 Å². The maximum atomic E-state index is 12.4. The lowest BCUT2D eigenvalue weighted by Gasteiger charge is -2.24. The second-order valence-electron chi connectivity index (χ2n) is 8.33. The molecule has 146 valence electrons. The lowest BCUT2D eigenvalue weighted by atomic mass is 9.98. The van der Waals surface area contributed by atoms with Crippen LogP contribution in [-0.4, -0.2) is 29.7 Å². The van der Waals surface area contributed by atoms with Gasteiger partial charge in [-0.2, -0.15) is 0 Å². The van der Waals surface area contributed by atoms with Crippen LogP contribution in [0.15, 0.2) is 0 Å². The van der Waals surface area contributed by atoms with E-state index in [1.807, 2.05) is 20.8 Å². The predicted octanol–water partition coefficient (Wildman–Crippen LogP) is 4.69. The van der Waals surface area contributed by atoms with Crippen molar-refractivity contribution in [3.8, 4) is 0 Å². The molecule has 1 aliphatic carbocycles. The van der Waals surface area contributed by atoms with Crippen LogP contribution in [0, 0.1) is 0 Å². The van der Waals surface area contributed by atoms with Crippen molar-refractivity contribution in [3.05, 3.63) is 0 Å². The quantitative estimate of drug-likeness (QED) is 0.772. The third kappa shape index (κ3) is 11.1. The molecule has 5 nitrogen and oxygen atoms in total. The van der Waals surface area contributed by atoms with Gasteiger partial charge in [0.05, 0.1) is 0 Å². The molecule has 25 heavy (non-hydrogen) atoms. The van der Waals surface area contributed by atoms with E-state index >= 15 is 0 Å². The summed E-state index contributed by atoms with van der Waals surface area (Å²) in [4.78, 5) is 24.2. The van der Waals surface area contributed by atoms with Crippen molar-refractivity contribution >= 4 is 12.0 Å². The Hall–Kier alpha value is -1.26. The molecule has 0 aromatic heterocycles. The van der Waals surface area contributed by atoms with Gasteiger partial charge in [0.25, 0.3) is 0 Å². The highest BCUT2D eigenvalue weighted by Crippen LogP contribution is 2.17. The van der Waals surface area contributed by atoms with Gasteiger partial charge in [0.2, 0.25) is 5.91 Å². The molecule has 2 amide bonds. The first kappa shape index (κ1) is 21.8. The first-order valence-electron chi connectivity index (χ1n) is 10.1. The van der Waals surface area contributed by atoms with E-state index in [-0.39, 0.29) is 11.9 Å². The maximum Gasteiger partial charge on any atom is 0.408 e. The summed E-state index contributed by atoms with van der Waals surface area (Å²) in [5, 5.41) is 5.75. The van der Waals surface area contributed by atoms with Crippen LogP contribution in [0.25, 0.3) is 0 Å². The zero-order valence-corrected chi connectivity index (χ0v) is 16.7. The molecule has 5 heteroatoms. The van der Waals surface area contributed by atoms with E-state index in [0.29, 0.717) is 0 Å². The van der Waals surface area contributed by atoms with Crippen molar-refractivity contribution in [2.75, 3.05) is 0 Å². The number of nitrogens with one attached hydrogen (secondary N) is 2. The van der Waals surface area contributed by atoms with E-state index in [4.69, 9.17) is 4.74 Å². The standard InChI is InChI=1S/C20H38N2O3/c1-16(21-19(24)25-20(2,3)4)18(23)22-17-14-12-10-8-6-5-7-9-11-13-15-17/h16-17H,5-15H2,1-4H3,(H,21,24)(H,22,23). The van der Waals surface area contributed by atoms with Crippen LogP contribution in [0.2, 0.25) is 0 Å². The fourth-order valence-electron chi connectivity index (χ4n) is 3.18. The minimum Gasteiger partial charge on any atom is -0.444 e. The molecule has 0 radical (unpaired) electrons. The maximum absolute atomic E-state index is 12.4. The van der Waals surface area contributed by atoms with E-state index in [2.05, 4.69) is 10.6 Å². The molecule has 1 saturated carbocycles. The van der Waals surface area contributed by atoms with Crippen LogP contribution in [0.5, 0.6) is 0 Å². The van der Waals surface area contributed by atoms with Gasteiger partial charge < -0.3 is 15.4 Å². The molecule has 0 saturated heterocycles. The normalized spacial score (nSPS) is 19.8. The minimum absolute atomic E-state index is 0.122. The van der Waals surface area contributed by atoms with Gasteiger partial charge in [0.15, 0.2) is 0 Å². The van der Waals surface area contributed by atoms with E-state index in [9.17, 15) is 9.59 Å². The Morgan fingerprint density at radius 2 is 1.32 bits per heavy atom. The summed E-state index contributed by atoms with van der Waals surface area (Å²) in [7, 11) is 0. The van der Waals surface area contributed by atoms with Crippen LogP contribution in [-0.2, 0) is 9.53 Å². The summed E-state index contributed by atoms with van der Waals surface area (Å²) < 4.78 is 5.21. The first-order valence-corrected chi connectivity index (χ1v) is 10.1. The van der Waals surface area contributed by atoms with Gasteiger partial charge in [-0.05, 0) is 40.5 Å². The number of carbonyl (C=O) groups is 2. The van der Waals surface area contributed by atoms with Crippen molar-refractivity contribution in [2.45, 2.75) is 116 Å². The molecule has 0 aliphatic heterocycles. The Morgan fingerprint density at radius 1 is 0.880 bits per heavy atom. The second-order valence-corrected chi connectivity index (χ2v) is 8.33. The largest absolute Gasteiger partial charge is 0.444 e. The minimum atomic E-state index is -0.587. The molecule has 0 heterocycles. The molecule has 1 aliphatic rings. The number of hydrogen-bond donors (Lipinski definition) is 2. The van der Waals surface area contributed by atoms with E-state index < -0.39 is 17.7 Å². The number of carbonyl (C=O) groups excluding carboxylic acids is 2. The van der Waals surface area contributed by atoms with Gasteiger partial charge in [-0.1, -0.05) is 57.8 Å². The number of hydrogen-bond acceptors (Lipinski definition) is 3. The summed E-state index contributed by atoms with van der Waals surface area (Å²) in [6, 6.07) is -0.369. The van der Waals surface area contributed by atoms with Gasteiger partial charge in [-0.25, -0.2) is 4.79 Å². The lowest BCUT2D eigenvalue weighted by Crippen LogP contribution is -2.49. The van der Waals surface area contributed by atoms with E-state index in [1.54, 1.807) is 6.92 Å². The SMILES string of the molecule is CC(NC(=O)OC(C)(C)C)C(=O)NC1CCCCCCCCCCC1. The topological polar surface area (TPSA) is 67.4 Å². The lowest BCUT2D eigenvalue weighted by molar-refractivity contribution is -0.123. The molecule has 2 N–H and O–H groups in total. The van der Waals surface area contributed by atoms with Crippen molar-refractivity contribution in [1.29, 1.82) is 0 Å². The Bertz CT molecular complexity index is 392. The summed E-state index contributed by atoms with van der Waals surface area (Å²) in [5.74, 6) is -0.122. The number of amides is 2. The molecule has 0 aromatic carbocycles. The summed E-state index contributed by atoms with van der Waals surface area (Å²) >= 11 is 0. The molecular formula is C20H38N2O3. The zero-order chi connectivity index (χ0) is 18.7. The van der Waals surface area contributed by atoms with Gasteiger partial charge >= 0.3 is 6.09 Å². The highest BCUT2D eigenvalue weighted by atomic mass is 16.6. The highest BCUT2D eigenvalue weighted by molar-refractivity contribution is 5.85. The van der Waals surface area contributed by atoms with Crippen LogP contribution in [0.1, 0.15) is 98.3 Å². The molecule has 1 fully saturated rings. The number of rotatable bonds is 3. The molecule has 0 aromatic rings. The Labute approximate surface area is 153 Å². The number of ether oxygens (including phenoxy) is 1. The smallest absolute Gasteiger partial charge is 0.408 e. The Balaban J connectivity index is 2.43. The van der Waals surface area contributed by atoms with Crippen molar-refractivity contribution in [3.63, 3.8) is 0 Å². The van der Waals surface area contributed by atoms with Crippen LogP contribution < -0.4 is 10.6 Å². The number of alkyl carbamates (subject to hydrolysis) is 1. The van der Waals surface area contributed by atoms with Gasteiger partial charge in [0, 0.05) is 6.04 Å². The molecular weight excluding hydrogens is 316 g/mol. The van der Waals surface area contributed by atoms with Gasteiger partial charge in [-0.15, -0.1) is 0 Å². The Kier molecular flexibility index (Phi) is 9.91. The van der Waals surface area contributed by atoms with Crippen molar-refractivity contribution < 1.29 is 14.3 Å². The zero-order valence-electron chi connectivity index (χ0n) is 16.7. The highest BCUT2D eigenvalue weighted by Gasteiger charge is 2.22. The average Bonchev–Trinajstić information content (AvgIpc) is 2.47.